The van der Waals surface area contributed by atoms with E-state index in [4.69, 9.17) is 0 Å². The van der Waals surface area contributed by atoms with E-state index in [0.717, 1.165) is 5.82 Å². The summed E-state index contributed by atoms with van der Waals surface area (Å²) >= 11 is 0. The number of nitrogens with one attached hydrogen (secondary N) is 1. The monoisotopic (exact) mass is 273 g/mol. The standard InChI is InChI=1S/C17H27N3/c1-2-12-20-13-4-3-10-16(20)15-9-6-11-18-17(15)19-14-7-5-8-14/h6,9,11,14,16H,2-5,7-8,10,12-13H2,1H3,(H,18,19)/t16-/m0/s1. The highest BCUT2D eigenvalue weighted by molar-refractivity contribution is 5.47. The van der Waals surface area contributed by atoms with Gasteiger partial charge >= 0.3 is 0 Å². The van der Waals surface area contributed by atoms with Crippen LogP contribution in [0.5, 0.6) is 0 Å². The Morgan fingerprint density at radius 1 is 1.25 bits per heavy atom. The van der Waals surface area contributed by atoms with Gasteiger partial charge in [0, 0.05) is 23.8 Å². The van der Waals surface area contributed by atoms with Crippen molar-refractivity contribution < 1.29 is 0 Å². The van der Waals surface area contributed by atoms with Gasteiger partial charge in [0.25, 0.3) is 0 Å². The number of likely N-dealkylation sites (tertiary alicyclic amines) is 1. The lowest BCUT2D eigenvalue weighted by Gasteiger charge is -2.37. The van der Waals surface area contributed by atoms with Crippen molar-refractivity contribution in [2.45, 2.75) is 64.0 Å². The summed E-state index contributed by atoms with van der Waals surface area (Å²) in [6.07, 6.45) is 11.1. The molecule has 1 atom stereocenters. The summed E-state index contributed by atoms with van der Waals surface area (Å²) in [5.74, 6) is 1.14. The molecule has 0 radical (unpaired) electrons. The van der Waals surface area contributed by atoms with Crippen molar-refractivity contribution in [2.75, 3.05) is 18.4 Å². The van der Waals surface area contributed by atoms with Crippen molar-refractivity contribution in [2.24, 2.45) is 0 Å². The van der Waals surface area contributed by atoms with Gasteiger partial charge in [0.15, 0.2) is 0 Å². The lowest BCUT2D eigenvalue weighted by Crippen LogP contribution is -2.35. The van der Waals surface area contributed by atoms with Crippen LogP contribution < -0.4 is 5.32 Å². The van der Waals surface area contributed by atoms with E-state index in [9.17, 15) is 0 Å². The summed E-state index contributed by atoms with van der Waals surface area (Å²) in [5.41, 5.74) is 1.42. The molecule has 2 fully saturated rings. The van der Waals surface area contributed by atoms with Gasteiger partial charge in [-0.3, -0.25) is 4.90 Å². The van der Waals surface area contributed by atoms with Crippen molar-refractivity contribution in [1.82, 2.24) is 9.88 Å². The molecule has 110 valence electrons. The van der Waals surface area contributed by atoms with Crippen LogP contribution in [0.25, 0.3) is 0 Å². The summed E-state index contributed by atoms with van der Waals surface area (Å²) in [4.78, 5) is 7.29. The molecule has 3 heteroatoms. The molecule has 3 nitrogen and oxygen atoms in total. The topological polar surface area (TPSA) is 28.2 Å². The molecular weight excluding hydrogens is 246 g/mol. The molecule has 1 saturated carbocycles. The Morgan fingerprint density at radius 2 is 2.15 bits per heavy atom. The zero-order valence-corrected chi connectivity index (χ0v) is 12.6. The maximum Gasteiger partial charge on any atom is 0.130 e. The van der Waals surface area contributed by atoms with Crippen LogP contribution >= 0.6 is 0 Å². The first-order chi connectivity index (χ1) is 9.88. The SMILES string of the molecule is CCCN1CCCC[C@H]1c1cccnc1NC1CCC1. The molecule has 2 heterocycles. The van der Waals surface area contributed by atoms with Crippen LogP contribution in [0, 0.1) is 0 Å². The molecule has 0 spiro atoms. The molecule has 1 aliphatic heterocycles. The van der Waals surface area contributed by atoms with Crippen LogP contribution in [-0.2, 0) is 0 Å². The Balaban J connectivity index is 1.79. The van der Waals surface area contributed by atoms with Gasteiger partial charge in [-0.1, -0.05) is 19.4 Å². The van der Waals surface area contributed by atoms with Crippen LogP contribution in [0.1, 0.15) is 63.5 Å². The maximum absolute atomic E-state index is 4.63. The molecule has 2 aliphatic rings. The van der Waals surface area contributed by atoms with Crippen molar-refractivity contribution in [3.05, 3.63) is 23.9 Å². The molecule has 0 amide bonds. The largest absolute Gasteiger partial charge is 0.367 e. The molecule has 3 rings (SSSR count). The van der Waals surface area contributed by atoms with E-state index in [1.54, 1.807) is 0 Å². The van der Waals surface area contributed by atoms with Crippen molar-refractivity contribution in [1.29, 1.82) is 0 Å². The summed E-state index contributed by atoms with van der Waals surface area (Å²) in [5, 5.41) is 3.67. The average molecular weight is 273 g/mol. The van der Waals surface area contributed by atoms with E-state index in [0.29, 0.717) is 12.1 Å². The number of hydrogen-bond donors (Lipinski definition) is 1. The minimum atomic E-state index is 0.569. The first-order valence-electron chi connectivity index (χ1n) is 8.34. The second-order valence-electron chi connectivity index (χ2n) is 6.26. The normalized spacial score (nSPS) is 24.4. The molecular formula is C17H27N3. The van der Waals surface area contributed by atoms with Crippen LogP contribution in [0.15, 0.2) is 18.3 Å². The zero-order chi connectivity index (χ0) is 13.8. The molecule has 0 unspecified atom stereocenters. The first kappa shape index (κ1) is 13.9. The van der Waals surface area contributed by atoms with Gasteiger partial charge in [-0.05, 0) is 57.7 Å². The minimum absolute atomic E-state index is 0.569. The maximum atomic E-state index is 4.63. The Morgan fingerprint density at radius 3 is 2.90 bits per heavy atom. The summed E-state index contributed by atoms with van der Waals surface area (Å²) < 4.78 is 0. The van der Waals surface area contributed by atoms with Gasteiger partial charge in [0.1, 0.15) is 5.82 Å². The Bertz CT molecular complexity index is 426. The highest BCUT2D eigenvalue weighted by atomic mass is 15.2. The highest BCUT2D eigenvalue weighted by Gasteiger charge is 2.27. The quantitative estimate of drug-likeness (QED) is 0.879. The van der Waals surface area contributed by atoms with Crippen molar-refractivity contribution in [3.63, 3.8) is 0 Å². The van der Waals surface area contributed by atoms with Crippen molar-refractivity contribution in [3.8, 4) is 0 Å². The summed E-state index contributed by atoms with van der Waals surface area (Å²) in [6.45, 7) is 4.74. The smallest absolute Gasteiger partial charge is 0.130 e. The van der Waals surface area contributed by atoms with Gasteiger partial charge in [0.05, 0.1) is 0 Å². The number of pyridine rings is 1. The van der Waals surface area contributed by atoms with E-state index >= 15 is 0 Å². The zero-order valence-electron chi connectivity index (χ0n) is 12.6. The number of rotatable bonds is 5. The molecule has 1 saturated heterocycles. The van der Waals surface area contributed by atoms with Gasteiger partial charge in [0.2, 0.25) is 0 Å². The number of piperidine rings is 1. The fourth-order valence-corrected chi connectivity index (χ4v) is 3.45. The van der Waals surface area contributed by atoms with Gasteiger partial charge < -0.3 is 5.32 Å². The number of aromatic nitrogens is 1. The molecule has 1 aliphatic carbocycles. The fourth-order valence-electron chi connectivity index (χ4n) is 3.45. The van der Waals surface area contributed by atoms with Crippen LogP contribution in [0.2, 0.25) is 0 Å². The highest BCUT2D eigenvalue weighted by Crippen LogP contribution is 2.35. The van der Waals surface area contributed by atoms with E-state index in [2.05, 4.69) is 34.3 Å². The predicted molar refractivity (Wildman–Crippen MR) is 84.0 cm³/mol. The second kappa shape index (κ2) is 6.57. The van der Waals surface area contributed by atoms with E-state index in [1.165, 1.54) is 63.6 Å². The number of hydrogen-bond acceptors (Lipinski definition) is 3. The Labute approximate surface area is 122 Å². The first-order valence-corrected chi connectivity index (χ1v) is 8.34. The van der Waals surface area contributed by atoms with Crippen molar-refractivity contribution >= 4 is 5.82 Å². The second-order valence-corrected chi connectivity index (χ2v) is 6.26. The van der Waals surface area contributed by atoms with E-state index in [1.807, 2.05) is 6.20 Å². The van der Waals surface area contributed by atoms with Gasteiger partial charge in [-0.2, -0.15) is 0 Å². The van der Waals surface area contributed by atoms with E-state index in [-0.39, 0.29) is 0 Å². The third-order valence-electron chi connectivity index (χ3n) is 4.77. The molecule has 1 aromatic heterocycles. The molecule has 1 N–H and O–H groups in total. The van der Waals surface area contributed by atoms with Gasteiger partial charge in [-0.25, -0.2) is 4.98 Å². The predicted octanol–water partition coefficient (Wildman–Crippen LogP) is 3.98. The summed E-state index contributed by atoms with van der Waals surface area (Å²) in [6, 6.07) is 5.61. The molecule has 1 aromatic rings. The van der Waals surface area contributed by atoms with Crippen LogP contribution in [0.3, 0.4) is 0 Å². The molecule has 0 bridgehead atoms. The average Bonchev–Trinajstić information content (AvgIpc) is 2.44. The number of nitrogens with zero attached hydrogens (tertiary/aromatic N) is 2. The lowest BCUT2D eigenvalue weighted by molar-refractivity contribution is 0.149. The molecule has 20 heavy (non-hydrogen) atoms. The molecule has 0 aromatic carbocycles. The van der Waals surface area contributed by atoms with Crippen LogP contribution in [0.4, 0.5) is 5.82 Å². The van der Waals surface area contributed by atoms with E-state index < -0.39 is 0 Å². The Kier molecular flexibility index (Phi) is 4.56. The van der Waals surface area contributed by atoms with Gasteiger partial charge in [-0.15, -0.1) is 0 Å². The third-order valence-corrected chi connectivity index (χ3v) is 4.77. The lowest BCUT2D eigenvalue weighted by atomic mass is 9.91. The summed E-state index contributed by atoms with van der Waals surface area (Å²) in [7, 11) is 0. The Hall–Kier alpha value is -1.09. The fraction of sp³-hybridized carbons (Fsp3) is 0.706. The minimum Gasteiger partial charge on any atom is -0.367 e. The number of anilines is 1. The third kappa shape index (κ3) is 2.98. The van der Waals surface area contributed by atoms with Crippen LogP contribution in [-0.4, -0.2) is 29.0 Å².